The molecule has 18 heavy (non-hydrogen) atoms. The maximum Gasteiger partial charge on any atom is 0.0226 e. The first-order chi connectivity index (χ1) is 8.79. The maximum atomic E-state index is 3.90. The SMILES string of the molecule is CCCCCCCC(C)NC1CN2CCC1CC2. The van der Waals surface area contributed by atoms with Gasteiger partial charge in [0.1, 0.15) is 0 Å². The van der Waals surface area contributed by atoms with Gasteiger partial charge in [0, 0.05) is 18.6 Å². The van der Waals surface area contributed by atoms with Crippen LogP contribution in [0.5, 0.6) is 0 Å². The van der Waals surface area contributed by atoms with Crippen LogP contribution in [0.4, 0.5) is 0 Å². The third-order valence-electron chi connectivity index (χ3n) is 4.90. The molecule has 3 fully saturated rings. The molecule has 1 N–H and O–H groups in total. The lowest BCUT2D eigenvalue weighted by Crippen LogP contribution is -2.57. The summed E-state index contributed by atoms with van der Waals surface area (Å²) < 4.78 is 0. The maximum absolute atomic E-state index is 3.90. The Hall–Kier alpha value is -0.0800. The van der Waals surface area contributed by atoms with Gasteiger partial charge < -0.3 is 10.2 Å². The molecule has 3 heterocycles. The summed E-state index contributed by atoms with van der Waals surface area (Å²) >= 11 is 0. The van der Waals surface area contributed by atoms with E-state index in [9.17, 15) is 0 Å². The van der Waals surface area contributed by atoms with Crippen LogP contribution in [0.15, 0.2) is 0 Å². The minimum Gasteiger partial charge on any atom is -0.310 e. The molecule has 106 valence electrons. The summed E-state index contributed by atoms with van der Waals surface area (Å²) in [4.78, 5) is 2.64. The molecule has 2 nitrogen and oxygen atoms in total. The van der Waals surface area contributed by atoms with E-state index in [2.05, 4.69) is 24.1 Å². The molecule has 0 aromatic heterocycles. The highest BCUT2D eigenvalue weighted by Gasteiger charge is 2.34. The number of rotatable bonds is 8. The van der Waals surface area contributed by atoms with E-state index in [-0.39, 0.29) is 0 Å². The number of unbranched alkanes of at least 4 members (excludes halogenated alkanes) is 4. The minimum atomic E-state index is 0.720. The van der Waals surface area contributed by atoms with Crippen LogP contribution >= 0.6 is 0 Å². The van der Waals surface area contributed by atoms with Crippen molar-refractivity contribution in [1.29, 1.82) is 0 Å². The molecule has 3 aliphatic rings. The normalized spacial score (nSPS) is 32.7. The van der Waals surface area contributed by atoms with Crippen molar-refractivity contribution in [2.75, 3.05) is 19.6 Å². The van der Waals surface area contributed by atoms with Gasteiger partial charge in [-0.25, -0.2) is 0 Å². The van der Waals surface area contributed by atoms with Crippen LogP contribution in [0, 0.1) is 5.92 Å². The number of hydrogen-bond acceptors (Lipinski definition) is 2. The van der Waals surface area contributed by atoms with E-state index in [1.165, 1.54) is 71.0 Å². The van der Waals surface area contributed by atoms with E-state index in [4.69, 9.17) is 0 Å². The van der Waals surface area contributed by atoms with Crippen molar-refractivity contribution in [3.05, 3.63) is 0 Å². The van der Waals surface area contributed by atoms with Crippen molar-refractivity contribution in [2.45, 2.75) is 77.3 Å². The molecule has 2 heteroatoms. The minimum absolute atomic E-state index is 0.720. The molecule has 0 saturated carbocycles. The Morgan fingerprint density at radius 2 is 1.83 bits per heavy atom. The van der Waals surface area contributed by atoms with Gasteiger partial charge in [0.2, 0.25) is 0 Å². The third kappa shape index (κ3) is 4.24. The van der Waals surface area contributed by atoms with Crippen LogP contribution in [-0.2, 0) is 0 Å². The molecular formula is C16H32N2. The highest BCUT2D eigenvalue weighted by atomic mass is 15.2. The third-order valence-corrected chi connectivity index (χ3v) is 4.90. The lowest BCUT2D eigenvalue weighted by molar-refractivity contribution is 0.0673. The summed E-state index contributed by atoms with van der Waals surface area (Å²) in [6.07, 6.45) is 11.3. The Morgan fingerprint density at radius 3 is 2.44 bits per heavy atom. The zero-order chi connectivity index (χ0) is 12.8. The van der Waals surface area contributed by atoms with Gasteiger partial charge in [0.25, 0.3) is 0 Å². The molecular weight excluding hydrogens is 220 g/mol. The van der Waals surface area contributed by atoms with Gasteiger partial charge in [0.05, 0.1) is 0 Å². The van der Waals surface area contributed by atoms with Crippen molar-refractivity contribution < 1.29 is 0 Å². The van der Waals surface area contributed by atoms with Gasteiger partial charge in [0.15, 0.2) is 0 Å². The van der Waals surface area contributed by atoms with Gasteiger partial charge in [-0.3, -0.25) is 0 Å². The number of hydrogen-bond donors (Lipinski definition) is 1. The molecule has 0 aromatic rings. The fraction of sp³-hybridized carbons (Fsp3) is 1.00. The largest absolute Gasteiger partial charge is 0.310 e. The Kier molecular flexibility index (Phi) is 5.97. The zero-order valence-electron chi connectivity index (χ0n) is 12.5. The number of nitrogens with zero attached hydrogens (tertiary/aromatic N) is 1. The van der Waals surface area contributed by atoms with Crippen molar-refractivity contribution >= 4 is 0 Å². The van der Waals surface area contributed by atoms with Crippen molar-refractivity contribution in [3.63, 3.8) is 0 Å². The van der Waals surface area contributed by atoms with Crippen molar-refractivity contribution in [2.24, 2.45) is 5.92 Å². The Morgan fingerprint density at radius 1 is 1.11 bits per heavy atom. The molecule has 3 rings (SSSR count). The van der Waals surface area contributed by atoms with E-state index < -0.39 is 0 Å². The first kappa shape index (κ1) is 14.3. The van der Waals surface area contributed by atoms with Crippen LogP contribution in [0.25, 0.3) is 0 Å². The molecule has 0 radical (unpaired) electrons. The summed E-state index contributed by atoms with van der Waals surface area (Å²) in [7, 11) is 0. The van der Waals surface area contributed by atoms with Gasteiger partial charge in [-0.1, -0.05) is 39.0 Å². The van der Waals surface area contributed by atoms with Crippen LogP contribution in [-0.4, -0.2) is 36.6 Å². The number of piperidine rings is 3. The van der Waals surface area contributed by atoms with Gasteiger partial charge in [-0.15, -0.1) is 0 Å². The second-order valence-electron chi connectivity index (χ2n) is 6.52. The Balaban J connectivity index is 1.58. The molecule has 3 saturated heterocycles. The number of fused-ring (bicyclic) bond motifs is 3. The van der Waals surface area contributed by atoms with Crippen LogP contribution in [0.3, 0.4) is 0 Å². The predicted octanol–water partition coefficient (Wildman–Crippen LogP) is 3.42. The molecule has 2 unspecified atom stereocenters. The lowest BCUT2D eigenvalue weighted by Gasteiger charge is -2.46. The summed E-state index contributed by atoms with van der Waals surface area (Å²) in [6.45, 7) is 8.70. The highest BCUT2D eigenvalue weighted by molar-refractivity contribution is 4.91. The zero-order valence-corrected chi connectivity index (χ0v) is 12.5. The topological polar surface area (TPSA) is 15.3 Å². The average Bonchev–Trinajstić information content (AvgIpc) is 2.40. The Bertz CT molecular complexity index is 221. The van der Waals surface area contributed by atoms with E-state index in [0.29, 0.717) is 0 Å². The smallest absolute Gasteiger partial charge is 0.0226 e. The summed E-state index contributed by atoms with van der Waals surface area (Å²) in [6, 6.07) is 1.51. The van der Waals surface area contributed by atoms with E-state index >= 15 is 0 Å². The second kappa shape index (κ2) is 7.49. The molecule has 2 bridgehead atoms. The van der Waals surface area contributed by atoms with E-state index in [0.717, 1.165) is 18.0 Å². The fourth-order valence-corrected chi connectivity index (χ4v) is 3.66. The van der Waals surface area contributed by atoms with Gasteiger partial charge in [-0.05, 0) is 45.2 Å². The van der Waals surface area contributed by atoms with E-state index in [1.54, 1.807) is 0 Å². The summed E-state index contributed by atoms with van der Waals surface area (Å²) in [5.41, 5.74) is 0. The fourth-order valence-electron chi connectivity index (χ4n) is 3.66. The van der Waals surface area contributed by atoms with Crippen LogP contribution < -0.4 is 5.32 Å². The quantitative estimate of drug-likeness (QED) is 0.666. The monoisotopic (exact) mass is 252 g/mol. The molecule has 0 aromatic carbocycles. The average molecular weight is 252 g/mol. The van der Waals surface area contributed by atoms with Gasteiger partial charge >= 0.3 is 0 Å². The highest BCUT2D eigenvalue weighted by Crippen LogP contribution is 2.27. The summed E-state index contributed by atoms with van der Waals surface area (Å²) in [5, 5.41) is 3.90. The van der Waals surface area contributed by atoms with E-state index in [1.807, 2.05) is 0 Å². The number of nitrogens with one attached hydrogen (secondary N) is 1. The molecule has 0 amide bonds. The van der Waals surface area contributed by atoms with Crippen LogP contribution in [0.1, 0.15) is 65.2 Å². The lowest BCUT2D eigenvalue weighted by atomic mass is 9.83. The molecule has 2 atom stereocenters. The first-order valence-corrected chi connectivity index (χ1v) is 8.28. The summed E-state index contributed by atoms with van der Waals surface area (Å²) in [5.74, 6) is 0.970. The standard InChI is InChI=1S/C16H32N2/c1-3-4-5-6-7-8-14(2)17-16-13-18-11-9-15(16)10-12-18/h14-17H,3-13H2,1-2H3. The van der Waals surface area contributed by atoms with Crippen LogP contribution in [0.2, 0.25) is 0 Å². The van der Waals surface area contributed by atoms with Gasteiger partial charge in [-0.2, -0.15) is 0 Å². The van der Waals surface area contributed by atoms with Crippen molar-refractivity contribution in [3.8, 4) is 0 Å². The Labute approximate surface area is 114 Å². The first-order valence-electron chi connectivity index (χ1n) is 8.28. The molecule has 0 spiro atoms. The predicted molar refractivity (Wildman–Crippen MR) is 78.9 cm³/mol. The molecule has 3 aliphatic heterocycles. The second-order valence-corrected chi connectivity index (χ2v) is 6.52. The molecule has 0 aliphatic carbocycles. The van der Waals surface area contributed by atoms with Crippen molar-refractivity contribution in [1.82, 2.24) is 10.2 Å².